The quantitative estimate of drug-likeness (QED) is 0.335. The molecule has 0 fully saturated rings. The molecule has 3 rings (SSSR count). The second-order valence-corrected chi connectivity index (χ2v) is 10.4. The lowest BCUT2D eigenvalue weighted by Crippen LogP contribution is -2.21. The smallest absolute Gasteiger partial charge is 0.495 e. The van der Waals surface area contributed by atoms with Gasteiger partial charge >= 0.3 is 12.7 Å². The highest BCUT2D eigenvalue weighted by atomic mass is 32.2. The van der Waals surface area contributed by atoms with Gasteiger partial charge in [0.25, 0.3) is 20.0 Å². The number of methoxy groups -OCH3 is 1. The summed E-state index contributed by atoms with van der Waals surface area (Å²) in [6.45, 7) is 0. The van der Waals surface area contributed by atoms with Gasteiger partial charge in [-0.25, -0.2) is 16.8 Å². The Bertz CT molecular complexity index is 1530. The minimum atomic E-state index is -5.15. The number of hydrogen-bond donors (Lipinski definition) is 2. The van der Waals surface area contributed by atoms with E-state index in [1.165, 1.54) is 12.1 Å². The first-order valence-corrected chi connectivity index (χ1v) is 12.9. The van der Waals surface area contributed by atoms with E-state index < -0.39 is 71.2 Å². The molecule has 0 saturated carbocycles. The number of halogens is 6. The summed E-state index contributed by atoms with van der Waals surface area (Å²) in [7, 11) is -8.48. The van der Waals surface area contributed by atoms with Gasteiger partial charge in [0.05, 0.1) is 23.4 Å². The van der Waals surface area contributed by atoms with E-state index in [9.17, 15) is 43.2 Å². The Hall–Kier alpha value is -3.86. The van der Waals surface area contributed by atoms with Gasteiger partial charge in [-0.3, -0.25) is 9.44 Å². The summed E-state index contributed by atoms with van der Waals surface area (Å²) in [6.07, 6.45) is -10.3. The molecule has 206 valence electrons. The van der Waals surface area contributed by atoms with E-state index in [0.717, 1.165) is 55.6 Å². The number of para-hydroxylation sites is 4. The van der Waals surface area contributed by atoms with Crippen molar-refractivity contribution in [2.75, 3.05) is 16.6 Å². The number of benzene rings is 3. The molecule has 2 N–H and O–H groups in total. The maximum atomic E-state index is 13.1. The van der Waals surface area contributed by atoms with Crippen LogP contribution in [0.5, 0.6) is 17.2 Å². The van der Waals surface area contributed by atoms with Crippen LogP contribution in [-0.4, -0.2) is 36.7 Å². The first-order valence-electron chi connectivity index (χ1n) is 9.94. The van der Waals surface area contributed by atoms with Gasteiger partial charge in [0.1, 0.15) is 10.6 Å². The lowest BCUT2D eigenvalue weighted by atomic mass is 10.3. The third-order valence-electron chi connectivity index (χ3n) is 4.45. The summed E-state index contributed by atoms with van der Waals surface area (Å²) in [4.78, 5) is -1.55. The van der Waals surface area contributed by atoms with Gasteiger partial charge in [-0.1, -0.05) is 24.3 Å². The first kappa shape index (κ1) is 28.7. The highest BCUT2D eigenvalue weighted by Crippen LogP contribution is 2.35. The number of nitrogens with one attached hydrogen (secondary N) is 2. The molecule has 0 aliphatic carbocycles. The minimum absolute atomic E-state index is 0.397. The van der Waals surface area contributed by atoms with Crippen molar-refractivity contribution in [3.8, 4) is 17.2 Å². The van der Waals surface area contributed by atoms with E-state index in [4.69, 9.17) is 4.74 Å². The summed E-state index contributed by atoms with van der Waals surface area (Å²) in [5, 5.41) is 0. The lowest BCUT2D eigenvalue weighted by molar-refractivity contribution is -0.275. The Labute approximate surface area is 212 Å². The van der Waals surface area contributed by atoms with Crippen LogP contribution < -0.4 is 23.7 Å². The average Bonchev–Trinajstić information content (AvgIpc) is 2.79. The SMILES string of the molecule is COc1ccc(S(=O)(=O)Nc2ccccc2OC(F)(F)F)cc1S(=O)(=O)Nc1ccccc1OC(F)(F)F. The molecule has 0 aromatic heterocycles. The molecule has 0 spiro atoms. The largest absolute Gasteiger partial charge is 0.573 e. The van der Waals surface area contributed by atoms with Crippen LogP contribution in [0.15, 0.2) is 76.5 Å². The Morgan fingerprint density at radius 3 is 1.53 bits per heavy atom. The van der Waals surface area contributed by atoms with Crippen LogP contribution in [0.25, 0.3) is 0 Å². The number of alkyl halides is 6. The van der Waals surface area contributed by atoms with Crippen molar-refractivity contribution >= 4 is 31.4 Å². The molecule has 0 aliphatic rings. The molecular weight excluding hydrogens is 570 g/mol. The second kappa shape index (κ2) is 10.5. The predicted molar refractivity (Wildman–Crippen MR) is 121 cm³/mol. The second-order valence-electron chi connectivity index (χ2n) is 7.11. The van der Waals surface area contributed by atoms with Gasteiger partial charge in [0.15, 0.2) is 11.5 Å². The monoisotopic (exact) mass is 586 g/mol. The lowest BCUT2D eigenvalue weighted by Gasteiger charge is -2.17. The van der Waals surface area contributed by atoms with Crippen molar-refractivity contribution < 1.29 is 57.4 Å². The highest BCUT2D eigenvalue weighted by Gasteiger charge is 2.34. The fraction of sp³-hybridized carbons (Fsp3) is 0.143. The molecule has 0 heterocycles. The maximum absolute atomic E-state index is 13.1. The van der Waals surface area contributed by atoms with Crippen molar-refractivity contribution in [2.45, 2.75) is 22.5 Å². The zero-order chi connectivity index (χ0) is 28.4. The minimum Gasteiger partial charge on any atom is -0.495 e. The predicted octanol–water partition coefficient (Wildman–Crippen LogP) is 5.09. The van der Waals surface area contributed by atoms with E-state index >= 15 is 0 Å². The van der Waals surface area contributed by atoms with Crippen LogP contribution in [-0.2, 0) is 20.0 Å². The zero-order valence-electron chi connectivity index (χ0n) is 18.8. The van der Waals surface area contributed by atoms with Gasteiger partial charge in [-0.2, -0.15) is 0 Å². The van der Waals surface area contributed by atoms with Crippen LogP contribution in [0.3, 0.4) is 0 Å². The van der Waals surface area contributed by atoms with Crippen LogP contribution >= 0.6 is 0 Å². The molecular formula is C21H16F6N2O7S2. The summed E-state index contributed by atoms with van der Waals surface area (Å²) in [5.74, 6) is -2.17. The average molecular weight is 586 g/mol. The number of anilines is 2. The van der Waals surface area contributed by atoms with Gasteiger partial charge in [-0.05, 0) is 42.5 Å². The summed E-state index contributed by atoms with van der Waals surface area (Å²) < 4.78 is 144. The van der Waals surface area contributed by atoms with Gasteiger partial charge in [0.2, 0.25) is 0 Å². The number of sulfonamides is 2. The highest BCUT2D eigenvalue weighted by molar-refractivity contribution is 7.93. The van der Waals surface area contributed by atoms with E-state index in [-0.39, 0.29) is 0 Å². The molecule has 0 saturated heterocycles. The van der Waals surface area contributed by atoms with Crippen molar-refractivity contribution in [2.24, 2.45) is 0 Å². The molecule has 0 unspecified atom stereocenters. The van der Waals surface area contributed by atoms with E-state index in [0.29, 0.717) is 6.07 Å². The molecule has 3 aromatic carbocycles. The fourth-order valence-electron chi connectivity index (χ4n) is 2.97. The summed E-state index contributed by atoms with van der Waals surface area (Å²) in [5.41, 5.74) is -1.24. The van der Waals surface area contributed by atoms with Crippen LogP contribution in [0.1, 0.15) is 0 Å². The molecule has 0 bridgehead atoms. The Balaban J connectivity index is 2.00. The molecule has 0 radical (unpaired) electrons. The topological polar surface area (TPSA) is 120 Å². The normalized spacial score (nSPS) is 12.5. The fourth-order valence-corrected chi connectivity index (χ4v) is 5.40. The number of hydrogen-bond acceptors (Lipinski definition) is 7. The third kappa shape index (κ3) is 7.34. The van der Waals surface area contributed by atoms with E-state index in [2.05, 4.69) is 9.47 Å². The van der Waals surface area contributed by atoms with Gasteiger partial charge in [-0.15, -0.1) is 26.3 Å². The van der Waals surface area contributed by atoms with Crippen molar-refractivity contribution in [3.05, 3.63) is 66.7 Å². The van der Waals surface area contributed by atoms with Crippen LogP contribution in [0, 0.1) is 0 Å². The molecule has 9 nitrogen and oxygen atoms in total. The van der Waals surface area contributed by atoms with Crippen LogP contribution in [0.2, 0.25) is 0 Å². The van der Waals surface area contributed by atoms with E-state index in [1.807, 2.05) is 9.44 Å². The first-order chi connectivity index (χ1) is 17.5. The van der Waals surface area contributed by atoms with Gasteiger partial charge < -0.3 is 14.2 Å². The molecule has 3 aromatic rings. The molecule has 38 heavy (non-hydrogen) atoms. The number of rotatable bonds is 9. The zero-order valence-corrected chi connectivity index (χ0v) is 20.4. The van der Waals surface area contributed by atoms with Crippen molar-refractivity contribution in [1.29, 1.82) is 0 Å². The Morgan fingerprint density at radius 1 is 0.632 bits per heavy atom. The van der Waals surface area contributed by atoms with E-state index in [1.54, 1.807) is 0 Å². The molecule has 17 heteroatoms. The Morgan fingerprint density at radius 2 is 1.08 bits per heavy atom. The third-order valence-corrected chi connectivity index (χ3v) is 7.20. The standard InChI is InChI=1S/C21H16F6N2O7S2/c1-34-18-11-10-13(37(30,31)28-14-6-2-4-8-16(14)35-20(22,23)24)12-19(18)38(32,33)29-15-7-3-5-9-17(15)36-21(25,26)27/h2-12,28-29H,1H3. The molecule has 0 amide bonds. The summed E-state index contributed by atoms with van der Waals surface area (Å²) in [6, 6.07) is 10.8. The number of ether oxygens (including phenoxy) is 3. The molecule has 0 atom stereocenters. The van der Waals surface area contributed by atoms with Gasteiger partial charge in [0, 0.05) is 0 Å². The van der Waals surface area contributed by atoms with Crippen LogP contribution in [0.4, 0.5) is 37.7 Å². The van der Waals surface area contributed by atoms with Crippen molar-refractivity contribution in [3.63, 3.8) is 0 Å². The maximum Gasteiger partial charge on any atom is 0.573 e. The summed E-state index contributed by atoms with van der Waals surface area (Å²) >= 11 is 0. The molecule has 0 aliphatic heterocycles. The van der Waals surface area contributed by atoms with Crippen molar-refractivity contribution in [1.82, 2.24) is 0 Å². The Kier molecular flexibility index (Phi) is 7.92.